The molecule has 3 rings (SSSR count). The molecule has 2 aromatic rings. The van der Waals surface area contributed by atoms with E-state index in [4.69, 9.17) is 0 Å². The van der Waals surface area contributed by atoms with Crippen molar-refractivity contribution in [2.75, 3.05) is 0 Å². The van der Waals surface area contributed by atoms with Crippen LogP contribution in [0, 0.1) is 6.92 Å². The second-order valence-electron chi connectivity index (χ2n) is 7.18. The molecular formula is C23H26N4O. The van der Waals surface area contributed by atoms with Crippen LogP contribution in [0.5, 0.6) is 0 Å². The second-order valence-corrected chi connectivity index (χ2v) is 7.18. The Bertz CT molecular complexity index is 988. The monoisotopic (exact) mass is 374 g/mol. The van der Waals surface area contributed by atoms with Crippen LogP contribution < -0.4 is 5.32 Å². The summed E-state index contributed by atoms with van der Waals surface area (Å²) in [6, 6.07) is 9.52. The minimum atomic E-state index is -0.329. The summed E-state index contributed by atoms with van der Waals surface area (Å²) >= 11 is 0. The first-order chi connectivity index (χ1) is 13.4. The van der Waals surface area contributed by atoms with E-state index in [1.54, 1.807) is 10.8 Å². The van der Waals surface area contributed by atoms with Crippen LogP contribution in [0.25, 0.3) is 5.70 Å². The lowest BCUT2D eigenvalue weighted by molar-refractivity contribution is 0.0943. The van der Waals surface area contributed by atoms with Gasteiger partial charge in [0.2, 0.25) is 0 Å². The Morgan fingerprint density at radius 2 is 2.18 bits per heavy atom. The predicted octanol–water partition coefficient (Wildman–Crippen LogP) is 4.18. The summed E-state index contributed by atoms with van der Waals surface area (Å²) in [5, 5.41) is 7.32. The van der Waals surface area contributed by atoms with Crippen LogP contribution in [-0.2, 0) is 7.05 Å². The Kier molecular flexibility index (Phi) is 5.76. The lowest BCUT2D eigenvalue weighted by atomic mass is 10.1. The molecule has 1 heterocycles. The van der Waals surface area contributed by atoms with Crippen LogP contribution in [0.4, 0.5) is 0 Å². The van der Waals surface area contributed by atoms with Gasteiger partial charge in [0.1, 0.15) is 11.4 Å². The van der Waals surface area contributed by atoms with Crippen molar-refractivity contribution in [3.05, 3.63) is 77.8 Å². The summed E-state index contributed by atoms with van der Waals surface area (Å²) in [7, 11) is 1.88. The standard InChI is InChI=1S/C23H26N4O/c1-6-19(25-20(7-2)18-10-8-9-15(3)13-18)16(4)24-23(28)21-14-22(17-11-12-17)27(5)26-21/h6,8-10,13-14,16-17H,1-2,11-12H2,3-5H3,(H,24,28). The van der Waals surface area contributed by atoms with Crippen molar-refractivity contribution in [3.63, 3.8) is 0 Å². The largest absolute Gasteiger partial charge is 0.343 e. The van der Waals surface area contributed by atoms with E-state index >= 15 is 0 Å². The van der Waals surface area contributed by atoms with Crippen molar-refractivity contribution in [2.24, 2.45) is 12.0 Å². The summed E-state index contributed by atoms with van der Waals surface area (Å²) in [6.07, 6.45) is 3.98. The number of benzene rings is 1. The quantitative estimate of drug-likeness (QED) is 0.584. The molecule has 144 valence electrons. The summed E-state index contributed by atoms with van der Waals surface area (Å²) in [6.45, 7) is 11.5. The van der Waals surface area contributed by atoms with Gasteiger partial charge in [0.15, 0.2) is 0 Å². The van der Waals surface area contributed by atoms with Gasteiger partial charge in [-0.3, -0.25) is 9.48 Å². The van der Waals surface area contributed by atoms with Crippen LogP contribution >= 0.6 is 0 Å². The molecule has 1 fully saturated rings. The lowest BCUT2D eigenvalue weighted by Gasteiger charge is -2.14. The Morgan fingerprint density at radius 3 is 2.79 bits per heavy atom. The minimum absolute atomic E-state index is 0.218. The number of aryl methyl sites for hydroxylation is 2. The SMILES string of the molecule is C=C=C(N=C(C=C)C(C)NC(=O)c1cc(C2CC2)n(C)n1)c1cccc(C)c1. The Morgan fingerprint density at radius 1 is 1.43 bits per heavy atom. The van der Waals surface area contributed by atoms with Gasteiger partial charge >= 0.3 is 0 Å². The van der Waals surface area contributed by atoms with E-state index in [0.717, 1.165) is 16.8 Å². The number of amides is 1. The van der Waals surface area contributed by atoms with E-state index in [-0.39, 0.29) is 11.9 Å². The number of hydrogen-bond donors (Lipinski definition) is 1. The van der Waals surface area contributed by atoms with E-state index < -0.39 is 0 Å². The molecule has 0 spiro atoms. The first kappa shape index (κ1) is 19.6. The van der Waals surface area contributed by atoms with Gasteiger partial charge in [0.25, 0.3) is 5.91 Å². The Balaban J connectivity index is 1.77. The molecule has 1 atom stereocenters. The molecule has 0 bridgehead atoms. The molecule has 0 saturated heterocycles. The van der Waals surface area contributed by atoms with Gasteiger partial charge in [-0.25, -0.2) is 4.99 Å². The second kappa shape index (κ2) is 8.24. The molecule has 1 aliphatic carbocycles. The third-order valence-electron chi connectivity index (χ3n) is 4.84. The number of aromatic nitrogens is 2. The summed E-state index contributed by atoms with van der Waals surface area (Å²) in [4.78, 5) is 17.3. The molecule has 1 saturated carbocycles. The highest BCUT2D eigenvalue weighted by atomic mass is 16.2. The van der Waals surface area contributed by atoms with Gasteiger partial charge in [-0.1, -0.05) is 36.9 Å². The molecule has 5 nitrogen and oxygen atoms in total. The average Bonchev–Trinajstić information content (AvgIpc) is 3.44. The number of hydrogen-bond acceptors (Lipinski definition) is 3. The molecular weight excluding hydrogens is 348 g/mol. The minimum Gasteiger partial charge on any atom is -0.343 e. The molecule has 28 heavy (non-hydrogen) atoms. The van der Waals surface area contributed by atoms with E-state index in [0.29, 0.717) is 23.0 Å². The molecule has 1 unspecified atom stereocenters. The molecule has 1 aromatic heterocycles. The molecule has 0 radical (unpaired) electrons. The maximum atomic E-state index is 12.6. The third kappa shape index (κ3) is 4.38. The summed E-state index contributed by atoms with van der Waals surface area (Å²) in [5.74, 6) is 0.320. The average molecular weight is 374 g/mol. The van der Waals surface area contributed by atoms with Gasteiger partial charge in [0.05, 0.1) is 11.8 Å². The van der Waals surface area contributed by atoms with Crippen LogP contribution in [0.3, 0.4) is 0 Å². The fourth-order valence-corrected chi connectivity index (χ4v) is 3.15. The molecule has 1 amide bonds. The number of nitrogens with zero attached hydrogens (tertiary/aromatic N) is 3. The number of aliphatic imine (C=N–C) groups is 1. The van der Waals surface area contributed by atoms with Crippen molar-refractivity contribution < 1.29 is 4.79 Å². The highest BCUT2D eigenvalue weighted by Crippen LogP contribution is 2.39. The van der Waals surface area contributed by atoms with E-state index in [1.165, 1.54) is 12.8 Å². The first-order valence-corrected chi connectivity index (χ1v) is 9.45. The van der Waals surface area contributed by atoms with Gasteiger partial charge < -0.3 is 5.32 Å². The smallest absolute Gasteiger partial charge is 0.272 e. The molecule has 1 N–H and O–H groups in total. The first-order valence-electron chi connectivity index (χ1n) is 9.45. The van der Waals surface area contributed by atoms with Gasteiger partial charge in [-0.15, -0.1) is 5.73 Å². The topological polar surface area (TPSA) is 59.3 Å². The third-order valence-corrected chi connectivity index (χ3v) is 4.84. The van der Waals surface area contributed by atoms with E-state index in [2.05, 4.69) is 34.3 Å². The maximum Gasteiger partial charge on any atom is 0.272 e. The number of nitrogens with one attached hydrogen (secondary N) is 1. The number of carbonyl (C=O) groups is 1. The van der Waals surface area contributed by atoms with Crippen LogP contribution in [0.1, 0.15) is 53.0 Å². The Hall–Kier alpha value is -3.17. The van der Waals surface area contributed by atoms with E-state index in [1.807, 2.05) is 51.2 Å². The van der Waals surface area contributed by atoms with E-state index in [9.17, 15) is 4.79 Å². The highest BCUT2D eigenvalue weighted by molar-refractivity contribution is 6.05. The summed E-state index contributed by atoms with van der Waals surface area (Å²) < 4.78 is 1.80. The molecule has 1 aromatic carbocycles. The highest BCUT2D eigenvalue weighted by Gasteiger charge is 2.28. The van der Waals surface area contributed by atoms with Crippen molar-refractivity contribution in [1.82, 2.24) is 15.1 Å². The van der Waals surface area contributed by atoms with Crippen molar-refractivity contribution in [2.45, 2.75) is 38.6 Å². The van der Waals surface area contributed by atoms with Crippen molar-refractivity contribution in [1.29, 1.82) is 0 Å². The zero-order valence-electron chi connectivity index (χ0n) is 16.7. The zero-order chi connectivity index (χ0) is 20.3. The van der Waals surface area contributed by atoms with Crippen LogP contribution in [-0.4, -0.2) is 27.4 Å². The normalized spacial score (nSPS) is 14.9. The van der Waals surface area contributed by atoms with Crippen LogP contribution in [0.15, 0.2) is 60.3 Å². The van der Waals surface area contributed by atoms with Gasteiger partial charge in [0, 0.05) is 24.2 Å². The summed E-state index contributed by atoms with van der Waals surface area (Å²) in [5.41, 5.74) is 7.74. The molecule has 5 heteroatoms. The maximum absolute atomic E-state index is 12.6. The molecule has 1 aliphatic rings. The number of carbonyl (C=O) groups excluding carboxylic acids is 1. The molecule has 0 aliphatic heterocycles. The van der Waals surface area contributed by atoms with Crippen molar-refractivity contribution >= 4 is 17.3 Å². The van der Waals surface area contributed by atoms with Crippen LogP contribution in [0.2, 0.25) is 0 Å². The fourth-order valence-electron chi connectivity index (χ4n) is 3.15. The van der Waals surface area contributed by atoms with Crippen molar-refractivity contribution in [3.8, 4) is 0 Å². The van der Waals surface area contributed by atoms with Gasteiger partial charge in [-0.05, 0) is 44.9 Å². The zero-order valence-corrected chi connectivity index (χ0v) is 16.7. The lowest BCUT2D eigenvalue weighted by Crippen LogP contribution is -2.38. The fraction of sp³-hybridized carbons (Fsp3) is 0.304. The predicted molar refractivity (Wildman–Crippen MR) is 113 cm³/mol. The Labute approximate surface area is 166 Å². The van der Waals surface area contributed by atoms with Gasteiger partial charge in [-0.2, -0.15) is 5.10 Å². The number of rotatable bonds is 7.